The molecule has 0 fully saturated rings. The van der Waals surface area contributed by atoms with Crippen molar-refractivity contribution in [3.8, 4) is 0 Å². The van der Waals surface area contributed by atoms with Crippen molar-refractivity contribution in [1.29, 1.82) is 0 Å². The molecule has 578 valence electrons. The molecule has 2 nitrogen and oxygen atoms in total. The quantitative estimate of drug-likeness (QED) is 0.0421. The number of nitrogens with zero attached hydrogens (tertiary/aromatic N) is 2. The van der Waals surface area contributed by atoms with Crippen molar-refractivity contribution in [2.24, 2.45) is 0 Å². The maximum atomic E-state index is 2.31. The van der Waals surface area contributed by atoms with Gasteiger partial charge in [-0.05, 0) is 25.7 Å². The van der Waals surface area contributed by atoms with E-state index in [9.17, 15) is 0 Å². The van der Waals surface area contributed by atoms with Crippen LogP contribution in [0, 0.1) is 0 Å². The Hall–Kier alpha value is 0.880. The van der Waals surface area contributed by atoms with Gasteiger partial charge < -0.3 is 42.9 Å². The number of hydrogen-bond donors (Lipinski definition) is 0. The lowest BCUT2D eigenvalue weighted by atomic mass is 10.0. The van der Waals surface area contributed by atoms with Gasteiger partial charge in [-0.15, -0.1) is 0 Å². The minimum atomic E-state index is 0. The summed E-state index contributed by atoms with van der Waals surface area (Å²) in [5.41, 5.74) is 0. The Morgan fingerprint density at radius 1 is 0.105 bits per heavy atom. The third-order valence-corrected chi connectivity index (χ3v) is 21.6. The molecule has 95 heavy (non-hydrogen) atoms. The second-order valence-corrected chi connectivity index (χ2v) is 34.0. The molecule has 0 atom stereocenters. The van der Waals surface area contributed by atoms with Crippen LogP contribution in [0.1, 0.15) is 534 Å². The summed E-state index contributed by atoms with van der Waals surface area (Å²) in [4.78, 5) is 0. The maximum Gasteiger partial charge on any atom is 0.0780 e. The highest BCUT2D eigenvalue weighted by Gasteiger charge is 2.07. The number of rotatable bonds is 83. The molecule has 0 spiro atoms. The first-order valence-corrected chi connectivity index (χ1v) is 45.2. The highest BCUT2D eigenvalue weighted by Crippen LogP contribution is 2.22. The maximum absolute atomic E-state index is 2.31. The fourth-order valence-electron chi connectivity index (χ4n) is 14.9. The van der Waals surface area contributed by atoms with Gasteiger partial charge in [0.05, 0.1) is 55.4 Å². The Balaban J connectivity index is -0.000000854. The molecule has 0 aromatic carbocycles. The number of unbranched alkanes of at least 4 members (excludes halogenated alkanes) is 79. The van der Waals surface area contributed by atoms with Crippen LogP contribution in [0.2, 0.25) is 0 Å². The van der Waals surface area contributed by atoms with Crippen molar-refractivity contribution in [2.75, 3.05) is 55.4 Å². The van der Waals surface area contributed by atoms with Crippen molar-refractivity contribution in [2.45, 2.75) is 534 Å². The number of hydrogen-bond acceptors (Lipinski definition) is 0. The Kier molecular flexibility index (Phi) is 97.9. The zero-order chi connectivity index (χ0) is 67.7. The lowest BCUT2D eigenvalue weighted by Crippen LogP contribution is -3.00. The largest absolute Gasteiger partial charge is 1.00 e. The summed E-state index contributed by atoms with van der Waals surface area (Å²) in [6.07, 6.45) is 120. The molecule has 0 bridgehead atoms. The van der Waals surface area contributed by atoms with E-state index in [0.29, 0.717) is 0 Å². The van der Waals surface area contributed by atoms with E-state index < -0.39 is 0 Å². The molecule has 0 saturated carbocycles. The van der Waals surface area contributed by atoms with Crippen LogP contribution >= 0.6 is 0 Å². The fourth-order valence-corrected chi connectivity index (χ4v) is 14.9. The van der Waals surface area contributed by atoms with Gasteiger partial charge in [-0.1, -0.05) is 508 Å². The van der Waals surface area contributed by atoms with Crippen LogP contribution in [-0.4, -0.2) is 64.3 Å². The molecule has 0 aliphatic heterocycles. The Morgan fingerprint density at radius 3 is 0.232 bits per heavy atom. The van der Waals surface area contributed by atoms with Crippen molar-refractivity contribution >= 4 is 0 Å². The molecular formula is C91H190Br2N2. The van der Waals surface area contributed by atoms with Gasteiger partial charge >= 0.3 is 0 Å². The molecule has 0 aliphatic carbocycles. The van der Waals surface area contributed by atoms with Gasteiger partial charge in [-0.2, -0.15) is 0 Å². The van der Waals surface area contributed by atoms with Crippen molar-refractivity contribution in [1.82, 2.24) is 0 Å². The van der Waals surface area contributed by atoms with Crippen LogP contribution < -0.4 is 34.0 Å². The van der Waals surface area contributed by atoms with E-state index in [4.69, 9.17) is 0 Å². The smallest absolute Gasteiger partial charge is 0.0780 e. The van der Waals surface area contributed by atoms with Gasteiger partial charge in [0.25, 0.3) is 0 Å². The number of quaternary nitrogens is 2. The summed E-state index contributed by atoms with van der Waals surface area (Å²) in [5.74, 6) is 0. The lowest BCUT2D eigenvalue weighted by Gasteiger charge is -2.23. The first kappa shape index (κ1) is 102. The minimum absolute atomic E-state index is 0. The molecule has 0 heterocycles. The van der Waals surface area contributed by atoms with Gasteiger partial charge in [-0.25, -0.2) is 0 Å². The van der Waals surface area contributed by atoms with Crippen LogP contribution in [0.3, 0.4) is 0 Å². The van der Waals surface area contributed by atoms with E-state index in [1.54, 1.807) is 0 Å². The molecule has 0 N–H and O–H groups in total. The van der Waals surface area contributed by atoms with Crippen LogP contribution in [-0.2, 0) is 0 Å². The summed E-state index contributed by atoms with van der Waals surface area (Å²) in [6, 6.07) is 0. The van der Waals surface area contributed by atoms with E-state index in [0.717, 1.165) is 8.97 Å². The molecule has 0 amide bonds. The minimum Gasteiger partial charge on any atom is -1.00 e. The third kappa shape index (κ3) is 106. The Morgan fingerprint density at radius 2 is 0.168 bits per heavy atom. The second kappa shape index (κ2) is 91.0. The van der Waals surface area contributed by atoms with E-state index in [2.05, 4.69) is 56.1 Å². The SMILES string of the molecule is CCCCCCCCCCCCCCCCCCCCCCCCCCCCCCCCCCCCCCCCCCC[N+](C)(C)C.CCCCCCCCCCCCCCCCCCCCCCCCCCCCCCCCCCCCCCCCCC[N+](C)(C)C.[Br-].[Br-]. The Labute approximate surface area is 628 Å². The summed E-state index contributed by atoms with van der Waals surface area (Å²) in [5, 5.41) is 0. The van der Waals surface area contributed by atoms with E-state index in [-0.39, 0.29) is 34.0 Å². The monoisotopic (exact) mass is 1470 g/mol. The predicted octanol–water partition coefficient (Wildman–Crippen LogP) is 27.0. The first-order chi connectivity index (χ1) is 45.6. The van der Waals surface area contributed by atoms with Crippen LogP contribution in [0.15, 0.2) is 0 Å². The zero-order valence-electron chi connectivity index (χ0n) is 68.3. The van der Waals surface area contributed by atoms with Crippen LogP contribution in [0.5, 0.6) is 0 Å². The predicted molar refractivity (Wildman–Crippen MR) is 431 cm³/mol. The molecule has 0 saturated heterocycles. The molecule has 0 aliphatic rings. The summed E-state index contributed by atoms with van der Waals surface area (Å²) in [6.45, 7) is 7.29. The van der Waals surface area contributed by atoms with Gasteiger partial charge in [0.2, 0.25) is 0 Å². The van der Waals surface area contributed by atoms with Crippen molar-refractivity contribution < 1.29 is 42.9 Å². The molecule has 0 aromatic heterocycles. The Bertz CT molecular complexity index is 1260. The summed E-state index contributed by atoms with van der Waals surface area (Å²) >= 11 is 0. The van der Waals surface area contributed by atoms with Crippen molar-refractivity contribution in [3.05, 3.63) is 0 Å². The van der Waals surface area contributed by atoms with Crippen molar-refractivity contribution in [3.63, 3.8) is 0 Å². The molecule has 0 unspecified atom stereocenters. The lowest BCUT2D eigenvalue weighted by molar-refractivity contribution is -0.870. The summed E-state index contributed by atoms with van der Waals surface area (Å²) in [7, 11) is 13.9. The van der Waals surface area contributed by atoms with Gasteiger partial charge in [0, 0.05) is 0 Å². The summed E-state index contributed by atoms with van der Waals surface area (Å²) < 4.78 is 2.25. The average Bonchev–Trinajstić information content (AvgIpc) is 3.75. The highest BCUT2D eigenvalue weighted by molar-refractivity contribution is 4.58. The third-order valence-electron chi connectivity index (χ3n) is 21.6. The zero-order valence-corrected chi connectivity index (χ0v) is 71.5. The molecule has 4 heteroatoms. The number of halogens is 2. The topological polar surface area (TPSA) is 0 Å². The highest BCUT2D eigenvalue weighted by atomic mass is 79.9. The van der Waals surface area contributed by atoms with E-state index >= 15 is 0 Å². The first-order valence-electron chi connectivity index (χ1n) is 45.2. The molecule has 0 radical (unpaired) electrons. The van der Waals surface area contributed by atoms with Gasteiger partial charge in [-0.3, -0.25) is 0 Å². The molecular weight excluding hydrogens is 1280 g/mol. The average molecular weight is 1470 g/mol. The van der Waals surface area contributed by atoms with Gasteiger partial charge in [0.15, 0.2) is 0 Å². The normalized spacial score (nSPS) is 11.7. The fraction of sp³-hybridized carbons (Fsp3) is 1.00. The van der Waals surface area contributed by atoms with Crippen LogP contribution in [0.4, 0.5) is 0 Å². The second-order valence-electron chi connectivity index (χ2n) is 34.0. The standard InChI is InChI=1S/C46H96N.C45H94N.2BrH/c1-5-6-7-8-9-10-11-12-13-14-15-16-17-18-19-20-21-22-23-24-25-26-27-28-29-30-31-32-33-34-35-36-37-38-39-40-41-42-43-44-45-46-47(2,3)4;1-5-6-7-8-9-10-11-12-13-14-15-16-17-18-19-20-21-22-23-24-25-26-27-28-29-30-31-32-33-34-35-36-37-38-39-40-41-42-43-44-45-46(2,3)4;;/h5-46H2,1-4H3;5-45H2,1-4H3;2*1H/q2*+1;;/p-2. The van der Waals surface area contributed by atoms with Crippen LogP contribution in [0.25, 0.3) is 0 Å². The molecule has 0 rings (SSSR count). The van der Waals surface area contributed by atoms with E-state index in [1.165, 1.54) is 533 Å². The van der Waals surface area contributed by atoms with Gasteiger partial charge in [0.1, 0.15) is 0 Å². The molecule has 0 aromatic rings. The van der Waals surface area contributed by atoms with E-state index in [1.807, 2.05) is 0 Å².